The molecule has 0 bridgehead atoms. The fraction of sp³-hybridized carbons (Fsp3) is 0.765. The Balaban J connectivity index is 1.69. The lowest BCUT2D eigenvalue weighted by atomic mass is 9.80. The van der Waals surface area contributed by atoms with Crippen molar-refractivity contribution >= 4 is 5.96 Å². The van der Waals surface area contributed by atoms with E-state index in [1.54, 1.807) is 0 Å². The van der Waals surface area contributed by atoms with Crippen LogP contribution in [0.15, 0.2) is 17.4 Å². The van der Waals surface area contributed by atoms with E-state index < -0.39 is 0 Å². The van der Waals surface area contributed by atoms with Crippen LogP contribution in [0.25, 0.3) is 0 Å². The maximum absolute atomic E-state index is 4.34. The van der Waals surface area contributed by atoms with Crippen molar-refractivity contribution in [3.05, 3.63) is 18.0 Å². The first-order valence-corrected chi connectivity index (χ1v) is 8.54. The van der Waals surface area contributed by atoms with E-state index in [2.05, 4.69) is 47.7 Å². The van der Waals surface area contributed by atoms with E-state index >= 15 is 0 Å². The first-order valence-electron chi connectivity index (χ1n) is 8.54. The maximum Gasteiger partial charge on any atom is 0.191 e. The fourth-order valence-corrected chi connectivity index (χ4v) is 3.20. The van der Waals surface area contributed by atoms with Gasteiger partial charge in [0.25, 0.3) is 0 Å². The van der Waals surface area contributed by atoms with E-state index in [0.29, 0.717) is 6.04 Å². The van der Waals surface area contributed by atoms with E-state index in [9.17, 15) is 0 Å². The molecular weight excluding hydrogens is 274 g/mol. The van der Waals surface area contributed by atoms with Gasteiger partial charge in [0.2, 0.25) is 0 Å². The Morgan fingerprint density at radius 1 is 1.36 bits per heavy atom. The fourth-order valence-electron chi connectivity index (χ4n) is 3.20. The molecule has 1 saturated carbocycles. The molecule has 5 nitrogen and oxygen atoms in total. The van der Waals surface area contributed by atoms with Gasteiger partial charge in [-0.05, 0) is 50.0 Å². The molecule has 5 heteroatoms. The summed E-state index contributed by atoms with van der Waals surface area (Å²) in [6.45, 7) is 8.44. The third-order valence-electron chi connectivity index (χ3n) is 4.67. The van der Waals surface area contributed by atoms with Gasteiger partial charge in [-0.1, -0.05) is 13.8 Å². The Labute approximate surface area is 134 Å². The van der Waals surface area contributed by atoms with Crippen LogP contribution in [0.1, 0.15) is 45.1 Å². The number of hydrogen-bond donors (Lipinski definition) is 2. The van der Waals surface area contributed by atoms with E-state index in [1.165, 1.54) is 31.2 Å². The van der Waals surface area contributed by atoms with Crippen LogP contribution in [0.4, 0.5) is 0 Å². The second kappa shape index (κ2) is 8.20. The van der Waals surface area contributed by atoms with Crippen LogP contribution < -0.4 is 10.6 Å². The molecule has 22 heavy (non-hydrogen) atoms. The SMILES string of the molecule is CN=C(NCCn1cc(C)cn1)NC1CCC(C(C)C)CC1. The van der Waals surface area contributed by atoms with Gasteiger partial charge in [-0.15, -0.1) is 0 Å². The molecule has 2 N–H and O–H groups in total. The minimum Gasteiger partial charge on any atom is -0.355 e. The number of hydrogen-bond acceptors (Lipinski definition) is 2. The highest BCUT2D eigenvalue weighted by Crippen LogP contribution is 2.29. The molecule has 1 heterocycles. The lowest BCUT2D eigenvalue weighted by molar-refractivity contribution is 0.250. The molecule has 0 spiro atoms. The van der Waals surface area contributed by atoms with E-state index in [0.717, 1.165) is 30.9 Å². The summed E-state index contributed by atoms with van der Waals surface area (Å²) >= 11 is 0. The Bertz CT molecular complexity index is 469. The summed E-state index contributed by atoms with van der Waals surface area (Å²) in [6, 6.07) is 0.563. The largest absolute Gasteiger partial charge is 0.355 e. The molecule has 1 aromatic rings. The zero-order valence-corrected chi connectivity index (χ0v) is 14.5. The zero-order valence-electron chi connectivity index (χ0n) is 14.5. The van der Waals surface area contributed by atoms with Crippen LogP contribution >= 0.6 is 0 Å². The highest BCUT2D eigenvalue weighted by Gasteiger charge is 2.23. The van der Waals surface area contributed by atoms with Gasteiger partial charge in [0.05, 0.1) is 12.7 Å². The molecule has 0 radical (unpaired) electrons. The summed E-state index contributed by atoms with van der Waals surface area (Å²) in [4.78, 5) is 4.34. The van der Waals surface area contributed by atoms with Crippen LogP contribution in [-0.4, -0.2) is 35.4 Å². The number of aryl methyl sites for hydroxylation is 1. The van der Waals surface area contributed by atoms with Gasteiger partial charge in [-0.3, -0.25) is 9.67 Å². The number of nitrogens with zero attached hydrogens (tertiary/aromatic N) is 3. The quantitative estimate of drug-likeness (QED) is 0.649. The summed E-state index contributed by atoms with van der Waals surface area (Å²) in [6.07, 6.45) is 9.12. The predicted molar refractivity (Wildman–Crippen MR) is 92.0 cm³/mol. The lowest BCUT2D eigenvalue weighted by Gasteiger charge is -2.32. The van der Waals surface area contributed by atoms with Crippen molar-refractivity contribution in [1.82, 2.24) is 20.4 Å². The van der Waals surface area contributed by atoms with Crippen molar-refractivity contribution in [1.29, 1.82) is 0 Å². The molecule has 124 valence electrons. The van der Waals surface area contributed by atoms with E-state index in [1.807, 2.05) is 17.9 Å². The molecule has 0 amide bonds. The molecule has 0 aromatic carbocycles. The van der Waals surface area contributed by atoms with Gasteiger partial charge in [0.15, 0.2) is 5.96 Å². The van der Waals surface area contributed by atoms with E-state index in [-0.39, 0.29) is 0 Å². The minimum absolute atomic E-state index is 0.563. The third kappa shape index (κ3) is 5.04. The Kier molecular flexibility index (Phi) is 6.28. The summed E-state index contributed by atoms with van der Waals surface area (Å²) in [7, 11) is 1.84. The van der Waals surface area contributed by atoms with Crippen molar-refractivity contribution < 1.29 is 0 Å². The van der Waals surface area contributed by atoms with Gasteiger partial charge in [0.1, 0.15) is 0 Å². The van der Waals surface area contributed by atoms with E-state index in [4.69, 9.17) is 0 Å². The average molecular weight is 305 g/mol. The van der Waals surface area contributed by atoms with Gasteiger partial charge >= 0.3 is 0 Å². The van der Waals surface area contributed by atoms with Gasteiger partial charge in [-0.2, -0.15) is 5.10 Å². The molecule has 1 aromatic heterocycles. The third-order valence-corrected chi connectivity index (χ3v) is 4.67. The first kappa shape index (κ1) is 16.8. The van der Waals surface area contributed by atoms with Crippen LogP contribution in [0, 0.1) is 18.8 Å². The maximum atomic E-state index is 4.34. The van der Waals surface area contributed by atoms with Crippen molar-refractivity contribution in [2.45, 2.75) is 59.0 Å². The van der Waals surface area contributed by atoms with Crippen molar-refractivity contribution in [3.63, 3.8) is 0 Å². The summed E-state index contributed by atoms with van der Waals surface area (Å²) in [5.41, 5.74) is 1.20. The van der Waals surface area contributed by atoms with Gasteiger partial charge < -0.3 is 10.6 Å². The van der Waals surface area contributed by atoms with Crippen LogP contribution in [-0.2, 0) is 6.54 Å². The molecule has 1 aliphatic carbocycles. The predicted octanol–water partition coefficient (Wildman–Crippen LogP) is 2.57. The molecular formula is C17H31N5. The average Bonchev–Trinajstić information content (AvgIpc) is 2.92. The smallest absolute Gasteiger partial charge is 0.191 e. The molecule has 0 aliphatic heterocycles. The van der Waals surface area contributed by atoms with Crippen molar-refractivity contribution in [2.24, 2.45) is 16.8 Å². The molecule has 1 fully saturated rings. The summed E-state index contributed by atoms with van der Waals surface area (Å²) in [5.74, 6) is 2.63. The number of rotatable bonds is 5. The van der Waals surface area contributed by atoms with Crippen LogP contribution in [0.5, 0.6) is 0 Å². The summed E-state index contributed by atoms with van der Waals surface area (Å²) in [5, 5.41) is 11.2. The zero-order chi connectivity index (χ0) is 15.9. The minimum atomic E-state index is 0.563. The standard InChI is InChI=1S/C17H31N5/c1-13(2)15-5-7-16(8-6-15)21-17(18-4)19-9-10-22-12-14(3)11-20-22/h11-13,15-16H,5-10H2,1-4H3,(H2,18,19,21). The van der Waals surface area contributed by atoms with Crippen molar-refractivity contribution in [2.75, 3.05) is 13.6 Å². The van der Waals surface area contributed by atoms with Crippen LogP contribution in [0.3, 0.4) is 0 Å². The topological polar surface area (TPSA) is 54.2 Å². The van der Waals surface area contributed by atoms with Gasteiger partial charge in [-0.25, -0.2) is 0 Å². The molecule has 0 saturated heterocycles. The number of aromatic nitrogens is 2. The van der Waals surface area contributed by atoms with Crippen LogP contribution in [0.2, 0.25) is 0 Å². The van der Waals surface area contributed by atoms with Gasteiger partial charge in [0, 0.05) is 25.8 Å². The Morgan fingerprint density at radius 3 is 2.64 bits per heavy atom. The molecule has 1 aliphatic rings. The number of nitrogens with one attached hydrogen (secondary N) is 2. The monoisotopic (exact) mass is 305 g/mol. The molecule has 0 atom stereocenters. The normalized spacial score (nSPS) is 22.9. The Morgan fingerprint density at radius 2 is 2.09 bits per heavy atom. The molecule has 0 unspecified atom stereocenters. The first-order chi connectivity index (χ1) is 10.6. The highest BCUT2D eigenvalue weighted by atomic mass is 15.3. The summed E-state index contributed by atoms with van der Waals surface area (Å²) < 4.78 is 1.96. The number of aliphatic imine (C=N–C) groups is 1. The Hall–Kier alpha value is -1.52. The van der Waals surface area contributed by atoms with Crippen molar-refractivity contribution in [3.8, 4) is 0 Å². The number of guanidine groups is 1. The second-order valence-corrected chi connectivity index (χ2v) is 6.78. The second-order valence-electron chi connectivity index (χ2n) is 6.78. The molecule has 2 rings (SSSR count). The lowest BCUT2D eigenvalue weighted by Crippen LogP contribution is -2.45. The highest BCUT2D eigenvalue weighted by molar-refractivity contribution is 5.79.